The second-order valence-corrected chi connectivity index (χ2v) is 5.38. The molecule has 7 heteroatoms. The number of pyridine rings is 1. The van der Waals surface area contributed by atoms with Crippen LogP contribution in [0, 0.1) is 15.9 Å². The van der Waals surface area contributed by atoms with Crippen LogP contribution in [0.3, 0.4) is 0 Å². The van der Waals surface area contributed by atoms with Crippen LogP contribution in [0.5, 0.6) is 5.75 Å². The summed E-state index contributed by atoms with van der Waals surface area (Å²) < 4.78 is 18.9. The summed E-state index contributed by atoms with van der Waals surface area (Å²) in [7, 11) is 0. The molecule has 0 aliphatic heterocycles. The van der Waals surface area contributed by atoms with Gasteiger partial charge in [-0.2, -0.15) is 0 Å². The zero-order valence-corrected chi connectivity index (χ0v) is 13.3. The van der Waals surface area contributed by atoms with E-state index in [1.807, 2.05) is 30.3 Å². The van der Waals surface area contributed by atoms with Crippen LogP contribution < -0.4 is 10.1 Å². The first kappa shape index (κ1) is 16.6. The van der Waals surface area contributed by atoms with Gasteiger partial charge in [-0.05, 0) is 30.7 Å². The fourth-order valence-corrected chi connectivity index (χ4v) is 2.48. The van der Waals surface area contributed by atoms with Gasteiger partial charge < -0.3 is 10.1 Å². The van der Waals surface area contributed by atoms with Gasteiger partial charge >= 0.3 is 0 Å². The molecule has 0 aliphatic rings. The third-order valence-corrected chi connectivity index (χ3v) is 3.65. The van der Waals surface area contributed by atoms with E-state index in [4.69, 9.17) is 4.74 Å². The van der Waals surface area contributed by atoms with Crippen molar-refractivity contribution in [2.75, 3.05) is 18.5 Å². The minimum atomic E-state index is -0.635. The molecular formula is C18H16FN3O3. The third kappa shape index (κ3) is 4.00. The van der Waals surface area contributed by atoms with E-state index >= 15 is 0 Å². The zero-order chi connectivity index (χ0) is 17.6. The molecule has 25 heavy (non-hydrogen) atoms. The van der Waals surface area contributed by atoms with E-state index in [1.165, 1.54) is 12.1 Å². The van der Waals surface area contributed by atoms with Crippen molar-refractivity contribution in [2.24, 2.45) is 0 Å². The van der Waals surface area contributed by atoms with Crippen molar-refractivity contribution in [1.82, 2.24) is 4.98 Å². The number of hydrogen-bond donors (Lipinski definition) is 1. The molecule has 0 saturated heterocycles. The van der Waals surface area contributed by atoms with Crippen molar-refractivity contribution in [1.29, 1.82) is 0 Å². The summed E-state index contributed by atoms with van der Waals surface area (Å²) >= 11 is 0. The van der Waals surface area contributed by atoms with Gasteiger partial charge in [0.25, 0.3) is 5.69 Å². The molecule has 0 fully saturated rings. The second kappa shape index (κ2) is 7.57. The molecule has 0 saturated carbocycles. The topological polar surface area (TPSA) is 77.3 Å². The molecule has 0 bridgehead atoms. The highest BCUT2D eigenvalue weighted by molar-refractivity contribution is 5.84. The summed E-state index contributed by atoms with van der Waals surface area (Å²) in [5, 5.41) is 14.9. The monoisotopic (exact) mass is 341 g/mol. The number of nitrogens with zero attached hydrogens (tertiary/aromatic N) is 2. The molecule has 0 spiro atoms. The summed E-state index contributed by atoms with van der Waals surface area (Å²) in [6.07, 6.45) is 2.34. The van der Waals surface area contributed by atoms with Gasteiger partial charge in [-0.1, -0.05) is 18.2 Å². The number of aromatic nitrogens is 1. The van der Waals surface area contributed by atoms with Gasteiger partial charge in [-0.15, -0.1) is 0 Å². The van der Waals surface area contributed by atoms with Crippen molar-refractivity contribution < 1.29 is 14.1 Å². The Morgan fingerprint density at radius 2 is 2.04 bits per heavy atom. The van der Waals surface area contributed by atoms with Gasteiger partial charge in [0, 0.05) is 18.1 Å². The van der Waals surface area contributed by atoms with Gasteiger partial charge in [0.2, 0.25) is 0 Å². The Morgan fingerprint density at radius 1 is 1.20 bits per heavy atom. The number of ether oxygens (including phenoxy) is 1. The molecule has 0 radical (unpaired) electrons. The largest absolute Gasteiger partial charge is 0.491 e. The van der Waals surface area contributed by atoms with Crippen LogP contribution in [0.1, 0.15) is 6.42 Å². The molecule has 1 aromatic heterocycles. The summed E-state index contributed by atoms with van der Waals surface area (Å²) in [5.41, 5.74) is 0.810. The maximum absolute atomic E-state index is 13.1. The van der Waals surface area contributed by atoms with Crippen LogP contribution in [0.2, 0.25) is 0 Å². The minimum Gasteiger partial charge on any atom is -0.491 e. The Kier molecular flexibility index (Phi) is 5.03. The molecule has 0 atom stereocenters. The number of benzene rings is 2. The third-order valence-electron chi connectivity index (χ3n) is 3.65. The van der Waals surface area contributed by atoms with Crippen molar-refractivity contribution in [2.45, 2.75) is 6.42 Å². The SMILES string of the molecule is O=[N+]([O-])c1cc(F)ccc1NCCCOc1cccc2cccnc12. The van der Waals surface area contributed by atoms with Gasteiger partial charge in [-0.3, -0.25) is 15.1 Å². The molecule has 6 nitrogen and oxygen atoms in total. The molecule has 0 amide bonds. The number of para-hydroxylation sites is 1. The molecule has 0 unspecified atom stereocenters. The summed E-state index contributed by atoms with van der Waals surface area (Å²) in [5.74, 6) is 0.0647. The number of halogens is 1. The minimum absolute atomic E-state index is 0.279. The van der Waals surface area contributed by atoms with Crippen LogP contribution >= 0.6 is 0 Å². The highest BCUT2D eigenvalue weighted by atomic mass is 19.1. The lowest BCUT2D eigenvalue weighted by Crippen LogP contribution is -2.09. The number of anilines is 1. The van der Waals surface area contributed by atoms with Gasteiger partial charge in [-0.25, -0.2) is 4.39 Å². The van der Waals surface area contributed by atoms with Crippen LogP contribution in [-0.4, -0.2) is 23.1 Å². The summed E-state index contributed by atoms with van der Waals surface area (Å²) in [4.78, 5) is 14.6. The highest BCUT2D eigenvalue weighted by Gasteiger charge is 2.14. The van der Waals surface area contributed by atoms with Crippen LogP contribution in [-0.2, 0) is 0 Å². The number of nitro benzene ring substituents is 1. The van der Waals surface area contributed by atoms with E-state index in [9.17, 15) is 14.5 Å². The summed E-state index contributed by atoms with van der Waals surface area (Å²) in [6.45, 7) is 0.891. The quantitative estimate of drug-likeness (QED) is 0.396. The smallest absolute Gasteiger partial charge is 0.295 e. The lowest BCUT2D eigenvalue weighted by Gasteiger charge is -2.10. The predicted molar refractivity (Wildman–Crippen MR) is 93.4 cm³/mol. The molecule has 0 aliphatic carbocycles. The molecular weight excluding hydrogens is 325 g/mol. The Bertz CT molecular complexity index is 896. The Hall–Kier alpha value is -3.22. The molecule has 3 aromatic rings. The van der Waals surface area contributed by atoms with E-state index < -0.39 is 10.7 Å². The fourth-order valence-electron chi connectivity index (χ4n) is 2.48. The summed E-state index contributed by atoms with van der Waals surface area (Å²) in [6, 6.07) is 13.0. The van der Waals surface area contributed by atoms with E-state index in [1.54, 1.807) is 6.20 Å². The number of fused-ring (bicyclic) bond motifs is 1. The van der Waals surface area contributed by atoms with Crippen molar-refractivity contribution in [3.63, 3.8) is 0 Å². The number of nitro groups is 1. The normalized spacial score (nSPS) is 10.6. The average molecular weight is 341 g/mol. The first-order valence-corrected chi connectivity index (χ1v) is 7.79. The van der Waals surface area contributed by atoms with E-state index in [0.29, 0.717) is 31.0 Å². The fraction of sp³-hybridized carbons (Fsp3) is 0.167. The van der Waals surface area contributed by atoms with Crippen LogP contribution in [0.25, 0.3) is 10.9 Å². The Balaban J connectivity index is 1.55. The Labute approximate surface area is 143 Å². The number of nitrogens with one attached hydrogen (secondary N) is 1. The molecule has 1 N–H and O–H groups in total. The van der Waals surface area contributed by atoms with Crippen molar-refractivity contribution >= 4 is 22.3 Å². The molecule has 128 valence electrons. The van der Waals surface area contributed by atoms with Gasteiger partial charge in [0.15, 0.2) is 0 Å². The highest BCUT2D eigenvalue weighted by Crippen LogP contribution is 2.25. The van der Waals surface area contributed by atoms with Crippen LogP contribution in [0.4, 0.5) is 15.8 Å². The molecule has 3 rings (SSSR count). The number of rotatable bonds is 7. The maximum Gasteiger partial charge on any atom is 0.295 e. The van der Waals surface area contributed by atoms with Gasteiger partial charge in [0.05, 0.1) is 17.6 Å². The van der Waals surface area contributed by atoms with Gasteiger partial charge in [0.1, 0.15) is 22.8 Å². The average Bonchev–Trinajstić information content (AvgIpc) is 2.62. The van der Waals surface area contributed by atoms with Crippen molar-refractivity contribution in [3.05, 3.63) is 70.7 Å². The molecule has 2 aromatic carbocycles. The van der Waals surface area contributed by atoms with E-state index in [-0.39, 0.29) is 5.69 Å². The van der Waals surface area contributed by atoms with E-state index in [2.05, 4.69) is 10.3 Å². The lowest BCUT2D eigenvalue weighted by molar-refractivity contribution is -0.384. The maximum atomic E-state index is 13.1. The van der Waals surface area contributed by atoms with Crippen LogP contribution in [0.15, 0.2) is 54.7 Å². The molecule has 1 heterocycles. The lowest BCUT2D eigenvalue weighted by atomic mass is 10.2. The standard InChI is InChI=1S/C18H16FN3O3/c19-14-7-8-15(16(12-14)22(23)24)20-10-3-11-25-17-6-1-4-13-5-2-9-21-18(13)17/h1-2,4-9,12,20H,3,10-11H2. The predicted octanol–water partition coefficient (Wildman–Crippen LogP) is 4.16. The van der Waals surface area contributed by atoms with E-state index in [0.717, 1.165) is 17.0 Å². The first-order chi connectivity index (χ1) is 12.1. The second-order valence-electron chi connectivity index (χ2n) is 5.38. The number of hydrogen-bond acceptors (Lipinski definition) is 5. The Morgan fingerprint density at radius 3 is 2.88 bits per heavy atom. The first-order valence-electron chi connectivity index (χ1n) is 7.79. The zero-order valence-electron chi connectivity index (χ0n) is 13.3. The van der Waals surface area contributed by atoms with Crippen molar-refractivity contribution in [3.8, 4) is 5.75 Å².